The van der Waals surface area contributed by atoms with Crippen molar-refractivity contribution >= 4 is 31.8 Å². The molecule has 0 radical (unpaired) electrons. The number of rotatable bonds is 3. The molecule has 0 saturated carbocycles. The van der Waals surface area contributed by atoms with Gasteiger partial charge in [-0.1, -0.05) is 20.8 Å². The molecule has 0 aliphatic heterocycles. The first kappa shape index (κ1) is 16.5. The highest BCUT2D eigenvalue weighted by Gasteiger charge is 2.31. The Bertz CT molecular complexity index is 737. The van der Waals surface area contributed by atoms with Crippen LogP contribution in [0.25, 0.3) is 0 Å². The molecule has 9 heteroatoms. The van der Waals surface area contributed by atoms with Crippen molar-refractivity contribution in [2.75, 3.05) is 0 Å². The molecule has 4 nitrogen and oxygen atoms in total. The number of hydrogen-bond donors (Lipinski definition) is 0. The largest absolute Gasteiger partial charge is 0.456 e. The number of hydrogen-bond acceptors (Lipinski definition) is 3. The minimum atomic E-state index is -4.50. The van der Waals surface area contributed by atoms with Crippen molar-refractivity contribution in [3.63, 3.8) is 0 Å². The van der Waals surface area contributed by atoms with Gasteiger partial charge in [0, 0.05) is 6.07 Å². The zero-order valence-electron chi connectivity index (χ0n) is 10.7. The van der Waals surface area contributed by atoms with E-state index in [1.165, 1.54) is 18.2 Å². The van der Waals surface area contributed by atoms with Crippen LogP contribution >= 0.6 is 20.8 Å². The molecule has 0 heterocycles. The first-order chi connectivity index (χ1) is 10.2. The predicted octanol–water partition coefficient (Wildman–Crippen LogP) is 4.56. The second kappa shape index (κ2) is 6.10. The van der Waals surface area contributed by atoms with Crippen LogP contribution < -0.4 is 10.0 Å². The van der Waals surface area contributed by atoms with Gasteiger partial charge in [-0.3, -0.25) is 10.1 Å². The summed E-state index contributed by atoms with van der Waals surface area (Å²) in [5.41, 5.74) is -1.00. The molecule has 2 aromatic rings. The zero-order chi connectivity index (χ0) is 16.5. The topological polar surface area (TPSA) is 52.4 Å². The summed E-state index contributed by atoms with van der Waals surface area (Å²) in [5, 5.41) is 10.8. The number of nitro benzene ring substituents is 1. The monoisotopic (exact) mass is 349 g/mol. The normalized spacial score (nSPS) is 11.3. The number of ether oxygens (including phenoxy) is 1. The quantitative estimate of drug-likeness (QED) is 0.464. The van der Waals surface area contributed by atoms with Crippen LogP contribution in [0.5, 0.6) is 11.5 Å². The van der Waals surface area contributed by atoms with E-state index in [9.17, 15) is 23.3 Å². The van der Waals surface area contributed by atoms with Crippen LogP contribution in [-0.2, 0) is 6.18 Å². The Labute approximate surface area is 130 Å². The molecule has 0 N–H and O–H groups in total. The Morgan fingerprint density at radius 2 is 1.86 bits per heavy atom. The number of halogens is 4. The maximum Gasteiger partial charge on any atom is 0.416 e. The lowest BCUT2D eigenvalue weighted by Crippen LogP contribution is -2.05. The van der Waals surface area contributed by atoms with Crippen LogP contribution in [0.4, 0.5) is 18.9 Å². The van der Waals surface area contributed by atoms with E-state index in [1.807, 2.05) is 0 Å². The molecule has 0 bridgehead atoms. The Kier molecular flexibility index (Phi) is 4.58. The van der Waals surface area contributed by atoms with E-state index in [-0.39, 0.29) is 27.5 Å². The van der Waals surface area contributed by atoms with Gasteiger partial charge in [-0.25, -0.2) is 0 Å². The molecule has 1 atom stereocenters. The van der Waals surface area contributed by atoms with Gasteiger partial charge in [-0.05, 0) is 30.3 Å². The van der Waals surface area contributed by atoms with Crippen molar-refractivity contribution in [1.82, 2.24) is 0 Å². The van der Waals surface area contributed by atoms with Gasteiger partial charge in [0.2, 0.25) is 0 Å². The fraction of sp³-hybridized carbons (Fsp3) is 0.0769. The van der Waals surface area contributed by atoms with Gasteiger partial charge in [0.05, 0.1) is 20.8 Å². The molecule has 0 fully saturated rings. The molecular formula is C13H8ClF3NO3P. The average Bonchev–Trinajstić information content (AvgIpc) is 2.39. The Hall–Kier alpha value is -1.85. The van der Waals surface area contributed by atoms with Crippen LogP contribution in [0.3, 0.4) is 0 Å². The third-order valence-corrected chi connectivity index (χ3v) is 3.44. The molecule has 0 amide bonds. The highest BCUT2D eigenvalue weighted by atomic mass is 35.5. The SMILES string of the molecule is O=[N+]([O-])c1ccc(Oc2ccc(C(F)(F)F)cc2Cl)cc1P. The minimum Gasteiger partial charge on any atom is -0.456 e. The molecule has 2 rings (SSSR count). The van der Waals surface area contributed by atoms with Crippen molar-refractivity contribution in [3.8, 4) is 11.5 Å². The molecule has 0 aliphatic carbocycles. The fourth-order valence-electron chi connectivity index (χ4n) is 1.65. The molecule has 2 aromatic carbocycles. The minimum absolute atomic E-state index is 0.0212. The van der Waals surface area contributed by atoms with Crippen molar-refractivity contribution in [3.05, 3.63) is 57.1 Å². The molecule has 0 aliphatic rings. The van der Waals surface area contributed by atoms with Crippen LogP contribution in [0.1, 0.15) is 5.56 Å². The van der Waals surface area contributed by atoms with Crippen LogP contribution in [0.2, 0.25) is 5.02 Å². The number of benzene rings is 2. The van der Waals surface area contributed by atoms with Gasteiger partial charge >= 0.3 is 6.18 Å². The van der Waals surface area contributed by atoms with Gasteiger partial charge in [0.1, 0.15) is 11.5 Å². The molecule has 0 spiro atoms. The summed E-state index contributed by atoms with van der Waals surface area (Å²) in [5.74, 6) is 0.241. The summed E-state index contributed by atoms with van der Waals surface area (Å²) < 4.78 is 43.0. The van der Waals surface area contributed by atoms with E-state index >= 15 is 0 Å². The lowest BCUT2D eigenvalue weighted by molar-refractivity contribution is -0.383. The van der Waals surface area contributed by atoms with E-state index in [4.69, 9.17) is 16.3 Å². The summed E-state index contributed by atoms with van der Waals surface area (Å²) in [4.78, 5) is 10.1. The summed E-state index contributed by atoms with van der Waals surface area (Å²) >= 11 is 5.77. The second-order valence-electron chi connectivity index (χ2n) is 4.22. The van der Waals surface area contributed by atoms with Gasteiger partial charge in [-0.2, -0.15) is 13.2 Å². The summed E-state index contributed by atoms with van der Waals surface area (Å²) in [6, 6.07) is 6.62. The highest BCUT2D eigenvalue weighted by molar-refractivity contribution is 7.28. The van der Waals surface area contributed by atoms with Crippen molar-refractivity contribution < 1.29 is 22.8 Å². The third-order valence-electron chi connectivity index (χ3n) is 2.68. The fourth-order valence-corrected chi connectivity index (χ4v) is 2.23. The summed E-state index contributed by atoms with van der Waals surface area (Å²) in [6.45, 7) is 0. The first-order valence-electron chi connectivity index (χ1n) is 5.77. The summed E-state index contributed by atoms with van der Waals surface area (Å²) in [6.07, 6.45) is -4.50. The second-order valence-corrected chi connectivity index (χ2v) is 5.25. The average molecular weight is 350 g/mol. The van der Waals surface area contributed by atoms with Crippen molar-refractivity contribution in [1.29, 1.82) is 0 Å². The summed E-state index contributed by atoms with van der Waals surface area (Å²) in [7, 11) is 2.19. The highest BCUT2D eigenvalue weighted by Crippen LogP contribution is 2.36. The predicted molar refractivity (Wildman–Crippen MR) is 79.0 cm³/mol. The van der Waals surface area contributed by atoms with Gasteiger partial charge in [0.25, 0.3) is 5.69 Å². The van der Waals surface area contributed by atoms with Crippen LogP contribution in [0, 0.1) is 10.1 Å². The lowest BCUT2D eigenvalue weighted by atomic mass is 10.2. The Morgan fingerprint density at radius 3 is 2.36 bits per heavy atom. The number of alkyl halides is 3. The Morgan fingerprint density at radius 1 is 1.18 bits per heavy atom. The van der Waals surface area contributed by atoms with Crippen molar-refractivity contribution in [2.24, 2.45) is 0 Å². The smallest absolute Gasteiger partial charge is 0.416 e. The van der Waals surface area contributed by atoms with Gasteiger partial charge < -0.3 is 4.74 Å². The zero-order valence-corrected chi connectivity index (χ0v) is 12.6. The molecule has 0 aromatic heterocycles. The van der Waals surface area contributed by atoms with Crippen LogP contribution in [0.15, 0.2) is 36.4 Å². The molecular weight excluding hydrogens is 342 g/mol. The van der Waals surface area contributed by atoms with E-state index < -0.39 is 16.7 Å². The third kappa shape index (κ3) is 3.67. The Balaban J connectivity index is 2.28. The molecule has 116 valence electrons. The van der Waals surface area contributed by atoms with Crippen molar-refractivity contribution in [2.45, 2.75) is 6.18 Å². The van der Waals surface area contributed by atoms with E-state index in [2.05, 4.69) is 9.24 Å². The van der Waals surface area contributed by atoms with E-state index in [0.29, 0.717) is 0 Å². The van der Waals surface area contributed by atoms with Crippen LogP contribution in [-0.4, -0.2) is 4.92 Å². The standard InChI is InChI=1S/C13H8ClF3NO3P/c14-9-5-7(13(15,16)17)1-4-11(9)21-8-2-3-10(18(19)20)12(22)6-8/h1-6H,22H2. The van der Waals surface area contributed by atoms with E-state index in [0.717, 1.165) is 18.2 Å². The molecule has 22 heavy (non-hydrogen) atoms. The first-order valence-corrected chi connectivity index (χ1v) is 6.72. The maximum absolute atomic E-state index is 12.5. The van der Waals surface area contributed by atoms with Gasteiger partial charge in [0.15, 0.2) is 0 Å². The number of nitro groups is 1. The lowest BCUT2D eigenvalue weighted by Gasteiger charge is -2.11. The molecule has 1 unspecified atom stereocenters. The van der Waals surface area contributed by atoms with Gasteiger partial charge in [-0.15, -0.1) is 0 Å². The molecule has 0 saturated heterocycles. The number of nitrogens with zero attached hydrogens (tertiary/aromatic N) is 1. The van der Waals surface area contributed by atoms with E-state index in [1.54, 1.807) is 0 Å². The maximum atomic E-state index is 12.5.